The van der Waals surface area contributed by atoms with Crippen LogP contribution >= 0.6 is 0 Å². The van der Waals surface area contributed by atoms with Crippen molar-refractivity contribution in [2.45, 2.75) is 32.6 Å². The lowest BCUT2D eigenvalue weighted by atomic mass is 10.0. The second-order valence-corrected chi connectivity index (χ2v) is 6.72. The van der Waals surface area contributed by atoms with Gasteiger partial charge in [-0.25, -0.2) is 13.1 Å². The van der Waals surface area contributed by atoms with Crippen molar-refractivity contribution in [1.82, 2.24) is 4.72 Å². The van der Waals surface area contributed by atoms with Gasteiger partial charge in [-0.05, 0) is 24.7 Å². The van der Waals surface area contributed by atoms with Crippen LogP contribution in [0.1, 0.15) is 32.6 Å². The Balaban J connectivity index is 2.20. The van der Waals surface area contributed by atoms with Crippen LogP contribution in [0, 0.1) is 5.41 Å². The number of sulfonamides is 1. The van der Waals surface area contributed by atoms with Crippen LogP contribution in [0.3, 0.4) is 0 Å². The van der Waals surface area contributed by atoms with Crippen LogP contribution < -0.4 is 10.5 Å². The van der Waals surface area contributed by atoms with E-state index < -0.39 is 10.0 Å². The van der Waals surface area contributed by atoms with E-state index in [9.17, 15) is 8.42 Å². The van der Waals surface area contributed by atoms with Crippen molar-refractivity contribution in [3.05, 3.63) is 0 Å². The highest BCUT2D eigenvalue weighted by atomic mass is 32.2. The Morgan fingerprint density at radius 3 is 2.59 bits per heavy atom. The summed E-state index contributed by atoms with van der Waals surface area (Å²) < 4.78 is 31.1. The van der Waals surface area contributed by atoms with Crippen molar-refractivity contribution in [3.63, 3.8) is 0 Å². The van der Waals surface area contributed by atoms with Crippen LogP contribution in [-0.2, 0) is 14.8 Å². The van der Waals surface area contributed by atoms with Crippen molar-refractivity contribution >= 4 is 10.0 Å². The van der Waals surface area contributed by atoms with Gasteiger partial charge >= 0.3 is 0 Å². The first-order chi connectivity index (χ1) is 8.04. The Bertz CT molecular complexity index is 313. The molecule has 0 unspecified atom stereocenters. The van der Waals surface area contributed by atoms with E-state index >= 15 is 0 Å². The molecule has 0 spiro atoms. The highest BCUT2D eigenvalue weighted by molar-refractivity contribution is 7.89. The van der Waals surface area contributed by atoms with E-state index in [1.807, 2.05) is 0 Å². The molecule has 0 aliphatic heterocycles. The van der Waals surface area contributed by atoms with E-state index in [-0.39, 0.29) is 17.8 Å². The predicted octanol–water partition coefficient (Wildman–Crippen LogP) is 0.461. The minimum absolute atomic E-state index is 0.0230. The van der Waals surface area contributed by atoms with Crippen LogP contribution in [0.5, 0.6) is 0 Å². The molecule has 1 rings (SSSR count). The van der Waals surface area contributed by atoms with Gasteiger partial charge in [0, 0.05) is 13.1 Å². The number of hydrogen-bond acceptors (Lipinski definition) is 4. The molecule has 17 heavy (non-hydrogen) atoms. The Hall–Kier alpha value is -0.170. The van der Waals surface area contributed by atoms with Crippen LogP contribution in [-0.4, -0.2) is 40.5 Å². The molecule has 1 aliphatic rings. The molecule has 0 aromatic rings. The molecule has 0 aromatic carbocycles. The molecule has 0 bridgehead atoms. The summed E-state index contributed by atoms with van der Waals surface area (Å²) in [6, 6.07) is 0. The van der Waals surface area contributed by atoms with Crippen LogP contribution in [0.15, 0.2) is 0 Å². The first-order valence-electron chi connectivity index (χ1n) is 6.29. The van der Waals surface area contributed by atoms with Gasteiger partial charge in [0.1, 0.15) is 0 Å². The van der Waals surface area contributed by atoms with Gasteiger partial charge in [0.05, 0.1) is 19.0 Å². The maximum absolute atomic E-state index is 11.7. The van der Waals surface area contributed by atoms with E-state index in [4.69, 9.17) is 10.5 Å². The third-order valence-corrected chi connectivity index (χ3v) is 4.45. The average molecular weight is 264 g/mol. The highest BCUT2D eigenvalue weighted by Crippen LogP contribution is 2.48. The fourth-order valence-corrected chi connectivity index (χ4v) is 2.92. The van der Waals surface area contributed by atoms with Gasteiger partial charge in [-0.1, -0.05) is 13.3 Å². The number of nitrogens with two attached hydrogens (primary N) is 1. The first-order valence-corrected chi connectivity index (χ1v) is 7.94. The summed E-state index contributed by atoms with van der Waals surface area (Å²) in [5.41, 5.74) is 5.50. The average Bonchev–Trinajstić information content (AvgIpc) is 3.03. The van der Waals surface area contributed by atoms with E-state index in [2.05, 4.69) is 11.6 Å². The zero-order valence-corrected chi connectivity index (χ0v) is 11.4. The van der Waals surface area contributed by atoms with E-state index in [1.54, 1.807) is 0 Å². The van der Waals surface area contributed by atoms with Gasteiger partial charge in [0.2, 0.25) is 10.0 Å². The summed E-state index contributed by atoms with van der Waals surface area (Å²) in [7, 11) is -3.19. The lowest BCUT2D eigenvalue weighted by Crippen LogP contribution is -2.33. The van der Waals surface area contributed by atoms with Gasteiger partial charge in [-0.3, -0.25) is 0 Å². The molecule has 0 amide bonds. The summed E-state index contributed by atoms with van der Waals surface area (Å²) in [6.07, 6.45) is 4.51. The summed E-state index contributed by atoms with van der Waals surface area (Å²) in [4.78, 5) is 0. The molecule has 0 atom stereocenters. The molecule has 1 saturated carbocycles. The number of hydrogen-bond donors (Lipinski definition) is 2. The maximum atomic E-state index is 11.7. The summed E-state index contributed by atoms with van der Waals surface area (Å²) in [5, 5.41) is 0. The third kappa shape index (κ3) is 5.81. The van der Waals surface area contributed by atoms with Gasteiger partial charge in [0.15, 0.2) is 0 Å². The molecule has 0 heterocycles. The maximum Gasteiger partial charge on any atom is 0.213 e. The first kappa shape index (κ1) is 14.9. The molecule has 6 heteroatoms. The molecule has 5 nitrogen and oxygen atoms in total. The molecule has 1 fully saturated rings. The molecular weight excluding hydrogens is 240 g/mol. The van der Waals surface area contributed by atoms with E-state index in [0.717, 1.165) is 25.7 Å². The third-order valence-electron chi connectivity index (χ3n) is 3.16. The number of nitrogens with one attached hydrogen (secondary N) is 1. The van der Waals surface area contributed by atoms with Crippen molar-refractivity contribution in [2.24, 2.45) is 11.1 Å². The van der Waals surface area contributed by atoms with Crippen LogP contribution in [0.4, 0.5) is 0 Å². The Morgan fingerprint density at radius 1 is 1.35 bits per heavy atom. The van der Waals surface area contributed by atoms with Crippen molar-refractivity contribution in [3.8, 4) is 0 Å². The fourth-order valence-electron chi connectivity index (χ4n) is 1.91. The minimum Gasteiger partial charge on any atom is -0.379 e. The van der Waals surface area contributed by atoms with Gasteiger partial charge in [-0.15, -0.1) is 0 Å². The Labute approximate surface area is 104 Å². The highest BCUT2D eigenvalue weighted by Gasteiger charge is 2.41. The second-order valence-electron chi connectivity index (χ2n) is 4.79. The monoisotopic (exact) mass is 264 g/mol. The SMILES string of the molecule is CCCC1(CNS(=O)(=O)CCOCCN)CC1. The lowest BCUT2D eigenvalue weighted by Gasteiger charge is -2.15. The molecule has 0 aromatic heterocycles. The molecule has 0 saturated heterocycles. The standard InChI is InChI=1S/C11H24N2O3S/c1-2-3-11(4-5-11)10-13-17(14,15)9-8-16-7-6-12/h13H,2-10,12H2,1H3. The Kier molecular flexibility index (Phi) is 5.85. The van der Waals surface area contributed by atoms with E-state index in [0.29, 0.717) is 19.7 Å². The summed E-state index contributed by atoms with van der Waals surface area (Å²) in [5.74, 6) is 0.0230. The van der Waals surface area contributed by atoms with Gasteiger partial charge < -0.3 is 10.5 Å². The Morgan fingerprint density at radius 2 is 2.06 bits per heavy atom. The summed E-state index contributed by atoms with van der Waals surface area (Å²) >= 11 is 0. The molecule has 0 radical (unpaired) electrons. The molecule has 1 aliphatic carbocycles. The fraction of sp³-hybridized carbons (Fsp3) is 1.00. The molecule has 102 valence electrons. The zero-order chi connectivity index (χ0) is 12.8. The van der Waals surface area contributed by atoms with Crippen molar-refractivity contribution in [1.29, 1.82) is 0 Å². The minimum atomic E-state index is -3.19. The van der Waals surface area contributed by atoms with Crippen LogP contribution in [0.25, 0.3) is 0 Å². The molecular formula is C11H24N2O3S. The van der Waals surface area contributed by atoms with Gasteiger partial charge in [-0.2, -0.15) is 0 Å². The van der Waals surface area contributed by atoms with Crippen LogP contribution in [0.2, 0.25) is 0 Å². The predicted molar refractivity (Wildman–Crippen MR) is 68.2 cm³/mol. The topological polar surface area (TPSA) is 81.4 Å². The van der Waals surface area contributed by atoms with Crippen molar-refractivity contribution in [2.75, 3.05) is 32.1 Å². The number of rotatable bonds is 10. The number of ether oxygens (including phenoxy) is 1. The molecule has 3 N–H and O–H groups in total. The zero-order valence-electron chi connectivity index (χ0n) is 10.6. The van der Waals surface area contributed by atoms with E-state index in [1.165, 1.54) is 0 Å². The lowest BCUT2D eigenvalue weighted by molar-refractivity contribution is 0.156. The normalized spacial score (nSPS) is 18.2. The summed E-state index contributed by atoms with van der Waals surface area (Å²) in [6.45, 7) is 3.77. The largest absolute Gasteiger partial charge is 0.379 e. The second kappa shape index (κ2) is 6.68. The van der Waals surface area contributed by atoms with Crippen molar-refractivity contribution < 1.29 is 13.2 Å². The quantitative estimate of drug-likeness (QED) is 0.562. The smallest absolute Gasteiger partial charge is 0.213 e. The van der Waals surface area contributed by atoms with Gasteiger partial charge in [0.25, 0.3) is 0 Å².